The van der Waals surface area contributed by atoms with E-state index in [1.165, 1.54) is 0 Å². The van der Waals surface area contributed by atoms with Gasteiger partial charge in [-0.15, -0.1) is 13.2 Å². The van der Waals surface area contributed by atoms with E-state index in [9.17, 15) is 30.7 Å². The Morgan fingerprint density at radius 2 is 1.31 bits per heavy atom. The Hall–Kier alpha value is -0.570. The Balaban J connectivity index is 4.67. The number of alkyl halides is 7. The molecule has 0 aromatic rings. The first-order chi connectivity index (χ1) is 5.52. The molecule has 0 saturated heterocycles. The van der Waals surface area contributed by atoms with E-state index in [0.717, 1.165) is 0 Å². The molecule has 0 heterocycles. The predicted octanol–water partition coefficient (Wildman–Crippen LogP) is 1.74. The van der Waals surface area contributed by atoms with E-state index < -0.39 is 25.0 Å². The lowest BCUT2D eigenvalue weighted by Gasteiger charge is -2.26. The predicted molar refractivity (Wildman–Crippen MR) is 24.1 cm³/mol. The molecule has 0 bridgehead atoms. The van der Waals surface area contributed by atoms with E-state index in [4.69, 9.17) is 5.11 Å². The molecule has 0 saturated carbocycles. The second-order valence-electron chi connectivity index (χ2n) is 1.93. The zero-order chi connectivity index (χ0) is 10.9. The summed E-state index contributed by atoms with van der Waals surface area (Å²) in [6.45, 7) is -2.46. The van der Waals surface area contributed by atoms with Gasteiger partial charge in [0.1, 0.15) is 6.61 Å². The molecule has 13 heavy (non-hydrogen) atoms. The minimum atomic E-state index is -5.95. The fourth-order valence-corrected chi connectivity index (χ4v) is 0.363. The van der Waals surface area contributed by atoms with Gasteiger partial charge in [-0.1, -0.05) is 0 Å². The zero-order valence-electron chi connectivity index (χ0n) is 5.71. The highest BCUT2D eigenvalue weighted by Crippen LogP contribution is 2.39. The van der Waals surface area contributed by atoms with Crippen LogP contribution in [0.15, 0.2) is 0 Å². The van der Waals surface area contributed by atoms with Crippen LogP contribution < -0.4 is 0 Å². The van der Waals surface area contributed by atoms with Gasteiger partial charge in [0.25, 0.3) is 0 Å². The van der Waals surface area contributed by atoms with Crippen LogP contribution in [0.5, 0.6) is 0 Å². The molecule has 0 aromatic carbocycles. The smallest absolute Gasteiger partial charge is 0.390 e. The SMILES string of the molecule is OCC(F)(OC(F)(F)F)C(F)(F)F. The monoisotopic (exact) mass is 216 g/mol. The van der Waals surface area contributed by atoms with E-state index >= 15 is 0 Å². The van der Waals surface area contributed by atoms with Crippen molar-refractivity contribution >= 4 is 0 Å². The molecule has 80 valence electrons. The van der Waals surface area contributed by atoms with Gasteiger partial charge < -0.3 is 5.11 Å². The summed E-state index contributed by atoms with van der Waals surface area (Å²) in [6, 6.07) is 0. The van der Waals surface area contributed by atoms with E-state index in [-0.39, 0.29) is 0 Å². The molecule has 9 heteroatoms. The fraction of sp³-hybridized carbons (Fsp3) is 1.00. The number of hydrogen-bond donors (Lipinski definition) is 1. The van der Waals surface area contributed by atoms with Crippen LogP contribution in [0.25, 0.3) is 0 Å². The molecule has 0 fully saturated rings. The van der Waals surface area contributed by atoms with Crippen LogP contribution in [0.3, 0.4) is 0 Å². The third-order valence-corrected chi connectivity index (χ3v) is 0.904. The summed E-state index contributed by atoms with van der Waals surface area (Å²) in [4.78, 5) is 0. The summed E-state index contributed by atoms with van der Waals surface area (Å²) in [5, 5.41) is 7.76. The second kappa shape index (κ2) is 3.29. The average Bonchev–Trinajstić information content (AvgIpc) is 1.81. The van der Waals surface area contributed by atoms with E-state index in [2.05, 4.69) is 4.74 Å². The molecular formula is C4H3F7O2. The van der Waals surface area contributed by atoms with Crippen LogP contribution in [-0.4, -0.2) is 30.1 Å². The maximum absolute atomic E-state index is 12.2. The maximum Gasteiger partial charge on any atom is 0.525 e. The molecule has 0 rings (SSSR count). The van der Waals surface area contributed by atoms with Gasteiger partial charge in [-0.25, -0.2) is 4.74 Å². The van der Waals surface area contributed by atoms with Gasteiger partial charge in [-0.3, -0.25) is 0 Å². The third kappa shape index (κ3) is 3.35. The highest BCUT2D eigenvalue weighted by atomic mass is 19.4. The van der Waals surface area contributed by atoms with Crippen molar-refractivity contribution in [3.05, 3.63) is 0 Å². The molecule has 0 radical (unpaired) electrons. The molecule has 0 aliphatic rings. The second-order valence-corrected chi connectivity index (χ2v) is 1.93. The number of halogens is 7. The minimum Gasteiger partial charge on any atom is -0.390 e. The molecule has 0 aliphatic heterocycles. The highest BCUT2D eigenvalue weighted by Gasteiger charge is 2.62. The van der Waals surface area contributed by atoms with E-state index in [1.54, 1.807) is 0 Å². The van der Waals surface area contributed by atoms with Crippen LogP contribution in [-0.2, 0) is 4.74 Å². The molecule has 1 unspecified atom stereocenters. The first kappa shape index (κ1) is 12.4. The number of rotatable bonds is 2. The Morgan fingerprint density at radius 1 is 0.923 bits per heavy atom. The van der Waals surface area contributed by atoms with Crippen molar-refractivity contribution in [2.24, 2.45) is 0 Å². The number of ether oxygens (including phenoxy) is 1. The van der Waals surface area contributed by atoms with Gasteiger partial charge in [0.05, 0.1) is 0 Å². The van der Waals surface area contributed by atoms with Crippen molar-refractivity contribution in [3.63, 3.8) is 0 Å². The Labute approximate surface area is 66.9 Å². The van der Waals surface area contributed by atoms with Crippen LogP contribution in [0, 0.1) is 0 Å². The van der Waals surface area contributed by atoms with E-state index in [1.807, 2.05) is 0 Å². The normalized spacial score (nSPS) is 18.5. The van der Waals surface area contributed by atoms with Crippen LogP contribution in [0.4, 0.5) is 30.7 Å². The Bertz CT molecular complexity index is 172. The van der Waals surface area contributed by atoms with Gasteiger partial charge in [0, 0.05) is 0 Å². The average molecular weight is 216 g/mol. The van der Waals surface area contributed by atoms with Gasteiger partial charge in [0.2, 0.25) is 0 Å². The lowest BCUT2D eigenvalue weighted by molar-refractivity contribution is -0.452. The minimum absolute atomic E-state index is 2.10. The van der Waals surface area contributed by atoms with E-state index in [0.29, 0.717) is 0 Å². The first-order valence-electron chi connectivity index (χ1n) is 2.65. The largest absolute Gasteiger partial charge is 0.525 e. The van der Waals surface area contributed by atoms with Crippen molar-refractivity contribution in [3.8, 4) is 0 Å². The molecule has 0 aromatic heterocycles. The molecule has 1 atom stereocenters. The van der Waals surface area contributed by atoms with Gasteiger partial charge in [0.15, 0.2) is 0 Å². The number of aliphatic hydroxyl groups excluding tert-OH is 1. The molecule has 0 aliphatic carbocycles. The molecule has 2 nitrogen and oxygen atoms in total. The van der Waals surface area contributed by atoms with Crippen molar-refractivity contribution in [1.82, 2.24) is 0 Å². The Kier molecular flexibility index (Phi) is 3.15. The van der Waals surface area contributed by atoms with Crippen molar-refractivity contribution < 1.29 is 40.6 Å². The molecule has 0 spiro atoms. The highest BCUT2D eigenvalue weighted by molar-refractivity contribution is 4.76. The maximum atomic E-state index is 12.2. The van der Waals surface area contributed by atoms with Crippen molar-refractivity contribution in [1.29, 1.82) is 0 Å². The van der Waals surface area contributed by atoms with Crippen molar-refractivity contribution in [2.45, 2.75) is 18.4 Å². The number of aliphatic hydroxyl groups is 1. The summed E-state index contributed by atoms with van der Waals surface area (Å²) < 4.78 is 82.3. The topological polar surface area (TPSA) is 29.5 Å². The molecule has 0 amide bonds. The van der Waals surface area contributed by atoms with Crippen LogP contribution in [0.1, 0.15) is 0 Å². The first-order valence-corrected chi connectivity index (χ1v) is 2.65. The summed E-state index contributed by atoms with van der Waals surface area (Å²) >= 11 is 0. The van der Waals surface area contributed by atoms with Gasteiger partial charge in [-0.2, -0.15) is 17.6 Å². The fourth-order valence-electron chi connectivity index (χ4n) is 0.363. The summed E-state index contributed by atoms with van der Waals surface area (Å²) in [6.07, 6.45) is -11.8. The van der Waals surface area contributed by atoms with Crippen LogP contribution in [0.2, 0.25) is 0 Å². The molecular weight excluding hydrogens is 213 g/mol. The van der Waals surface area contributed by atoms with Gasteiger partial charge >= 0.3 is 18.4 Å². The van der Waals surface area contributed by atoms with Crippen molar-refractivity contribution in [2.75, 3.05) is 6.61 Å². The summed E-state index contributed by atoms with van der Waals surface area (Å²) in [5.41, 5.74) is 0. The molecule has 1 N–H and O–H groups in total. The zero-order valence-corrected chi connectivity index (χ0v) is 5.71. The van der Waals surface area contributed by atoms with Crippen LogP contribution >= 0.6 is 0 Å². The standard InChI is InChI=1S/C4H3F7O2/c5-2(1-12,3(6,7)8)13-4(9,10)11/h12H,1H2. The third-order valence-electron chi connectivity index (χ3n) is 0.904. The lowest BCUT2D eigenvalue weighted by atomic mass is 10.3. The lowest BCUT2D eigenvalue weighted by Crippen LogP contribution is -2.49. The van der Waals surface area contributed by atoms with Gasteiger partial charge in [-0.05, 0) is 0 Å². The summed E-state index contributed by atoms with van der Waals surface area (Å²) in [5.74, 6) is -5.11. The Morgan fingerprint density at radius 3 is 1.38 bits per heavy atom. The quantitative estimate of drug-likeness (QED) is 0.712. The number of hydrogen-bond acceptors (Lipinski definition) is 2. The summed E-state index contributed by atoms with van der Waals surface area (Å²) in [7, 11) is 0.